The van der Waals surface area contributed by atoms with E-state index in [0.29, 0.717) is 11.5 Å². The zero-order chi connectivity index (χ0) is 17.9. The van der Waals surface area contributed by atoms with Gasteiger partial charge in [-0.05, 0) is 42.9 Å². The van der Waals surface area contributed by atoms with Crippen LogP contribution in [0.25, 0.3) is 0 Å². The zero-order valence-electron chi connectivity index (χ0n) is 14.5. The Hall–Kier alpha value is -1.66. The summed E-state index contributed by atoms with van der Waals surface area (Å²) in [6.45, 7) is 5.24. The highest BCUT2D eigenvalue weighted by Crippen LogP contribution is 2.36. The van der Waals surface area contributed by atoms with Gasteiger partial charge in [0, 0.05) is 25.2 Å². The summed E-state index contributed by atoms with van der Waals surface area (Å²) < 4.78 is 26.9. The van der Waals surface area contributed by atoms with E-state index in [9.17, 15) is 13.2 Å². The number of hydrogen-bond donors (Lipinski definition) is 1. The third-order valence-electron chi connectivity index (χ3n) is 5.39. The molecule has 1 aromatic carbocycles. The lowest BCUT2D eigenvalue weighted by Gasteiger charge is -2.41. The quantitative estimate of drug-likeness (QED) is 0.819. The molecule has 1 amide bonds. The first-order valence-electron chi connectivity index (χ1n) is 9.01. The minimum absolute atomic E-state index is 0.0650. The first-order valence-corrected chi connectivity index (χ1v) is 10.5. The van der Waals surface area contributed by atoms with Gasteiger partial charge in [-0.25, -0.2) is 13.1 Å². The maximum atomic E-state index is 12.9. The Balaban J connectivity index is 1.74. The Labute approximate surface area is 150 Å². The molecule has 2 aliphatic rings. The Bertz CT molecular complexity index is 745. The SMILES string of the molecule is C=CCNS(=O)(=O)c1cccc(C(=O)N2CC[C@@H]3CCCC[C@@H]3C2)c1. The molecule has 0 aromatic heterocycles. The van der Waals surface area contributed by atoms with E-state index in [2.05, 4.69) is 11.3 Å². The number of carbonyl (C=O) groups is 1. The van der Waals surface area contributed by atoms with Gasteiger partial charge >= 0.3 is 0 Å². The second-order valence-electron chi connectivity index (χ2n) is 7.01. The third-order valence-corrected chi connectivity index (χ3v) is 6.81. The van der Waals surface area contributed by atoms with Crippen molar-refractivity contribution in [3.05, 3.63) is 42.5 Å². The molecule has 0 bridgehead atoms. The smallest absolute Gasteiger partial charge is 0.253 e. The summed E-state index contributed by atoms with van der Waals surface area (Å²) in [7, 11) is -3.62. The first kappa shape index (κ1) is 18.1. The van der Waals surface area contributed by atoms with Crippen molar-refractivity contribution >= 4 is 15.9 Å². The fraction of sp³-hybridized carbons (Fsp3) is 0.526. The summed E-state index contributed by atoms with van der Waals surface area (Å²) in [5, 5.41) is 0. The van der Waals surface area contributed by atoms with Crippen molar-refractivity contribution in [2.24, 2.45) is 11.8 Å². The molecule has 6 heteroatoms. The molecular weight excluding hydrogens is 336 g/mol. The van der Waals surface area contributed by atoms with Gasteiger partial charge in [-0.2, -0.15) is 0 Å². The molecule has 0 radical (unpaired) electrons. The molecular formula is C19H26N2O3S. The van der Waals surface area contributed by atoms with Gasteiger partial charge in [0.2, 0.25) is 10.0 Å². The topological polar surface area (TPSA) is 66.5 Å². The van der Waals surface area contributed by atoms with Crippen molar-refractivity contribution in [2.75, 3.05) is 19.6 Å². The van der Waals surface area contributed by atoms with Crippen LogP contribution in [0.1, 0.15) is 42.5 Å². The van der Waals surface area contributed by atoms with Gasteiger partial charge in [0.15, 0.2) is 0 Å². The molecule has 3 rings (SSSR count). The number of benzene rings is 1. The molecule has 2 atom stereocenters. The van der Waals surface area contributed by atoms with Gasteiger partial charge in [0.25, 0.3) is 5.91 Å². The van der Waals surface area contributed by atoms with Crippen LogP contribution in [0, 0.1) is 11.8 Å². The predicted molar refractivity (Wildman–Crippen MR) is 97.8 cm³/mol. The fourth-order valence-electron chi connectivity index (χ4n) is 4.02. The van der Waals surface area contributed by atoms with E-state index < -0.39 is 10.0 Å². The zero-order valence-corrected chi connectivity index (χ0v) is 15.3. The molecule has 1 saturated heterocycles. The molecule has 0 unspecified atom stereocenters. The van der Waals surface area contributed by atoms with E-state index in [-0.39, 0.29) is 17.3 Å². The Morgan fingerprint density at radius 3 is 2.76 bits per heavy atom. The number of sulfonamides is 1. The molecule has 136 valence electrons. The second-order valence-corrected chi connectivity index (χ2v) is 8.78. The standard InChI is InChI=1S/C19H26N2O3S/c1-2-11-20-25(23,24)18-9-5-8-16(13-18)19(22)21-12-10-15-6-3-4-7-17(15)14-21/h2,5,8-9,13,15,17,20H,1,3-4,6-7,10-12,14H2/t15-,17+/m0/s1. The van der Waals surface area contributed by atoms with Gasteiger partial charge in [-0.3, -0.25) is 4.79 Å². The lowest BCUT2D eigenvalue weighted by molar-refractivity contribution is 0.0520. The fourth-order valence-corrected chi connectivity index (χ4v) is 5.06. The maximum Gasteiger partial charge on any atom is 0.253 e. The predicted octanol–water partition coefficient (Wildman–Crippen LogP) is 2.80. The van der Waals surface area contributed by atoms with Crippen molar-refractivity contribution in [3.8, 4) is 0 Å². The number of nitrogens with one attached hydrogen (secondary N) is 1. The molecule has 25 heavy (non-hydrogen) atoms. The van der Waals surface area contributed by atoms with Gasteiger partial charge in [0.1, 0.15) is 0 Å². The molecule has 2 fully saturated rings. The van der Waals surface area contributed by atoms with Crippen LogP contribution >= 0.6 is 0 Å². The molecule has 5 nitrogen and oxygen atoms in total. The van der Waals surface area contributed by atoms with Crippen molar-refractivity contribution in [2.45, 2.75) is 37.0 Å². The van der Waals surface area contributed by atoms with E-state index in [4.69, 9.17) is 0 Å². The largest absolute Gasteiger partial charge is 0.338 e. The lowest BCUT2D eigenvalue weighted by Crippen LogP contribution is -2.44. The summed E-state index contributed by atoms with van der Waals surface area (Å²) in [5.74, 6) is 1.30. The van der Waals surface area contributed by atoms with E-state index in [1.807, 2.05) is 4.90 Å². The van der Waals surface area contributed by atoms with Crippen LogP contribution in [0.3, 0.4) is 0 Å². The monoisotopic (exact) mass is 362 g/mol. The van der Waals surface area contributed by atoms with E-state index in [1.54, 1.807) is 12.1 Å². The van der Waals surface area contributed by atoms with Crippen LogP contribution in [0.4, 0.5) is 0 Å². The lowest BCUT2D eigenvalue weighted by atomic mass is 9.75. The normalized spacial score (nSPS) is 23.8. The number of fused-ring (bicyclic) bond motifs is 1. The van der Waals surface area contributed by atoms with Gasteiger partial charge < -0.3 is 4.90 Å². The molecule has 1 aliphatic carbocycles. The minimum Gasteiger partial charge on any atom is -0.338 e. The highest BCUT2D eigenvalue weighted by atomic mass is 32.2. The highest BCUT2D eigenvalue weighted by Gasteiger charge is 2.33. The summed E-state index contributed by atoms with van der Waals surface area (Å²) in [4.78, 5) is 14.9. The Morgan fingerprint density at radius 2 is 2.00 bits per heavy atom. The van der Waals surface area contributed by atoms with E-state index >= 15 is 0 Å². The minimum atomic E-state index is -3.62. The average Bonchev–Trinajstić information content (AvgIpc) is 2.65. The Morgan fingerprint density at radius 1 is 1.24 bits per heavy atom. The summed E-state index contributed by atoms with van der Waals surface area (Å²) >= 11 is 0. The maximum absolute atomic E-state index is 12.9. The molecule has 1 aromatic rings. The number of amides is 1. The molecule has 0 spiro atoms. The average molecular weight is 362 g/mol. The van der Waals surface area contributed by atoms with Crippen LogP contribution in [-0.2, 0) is 10.0 Å². The number of hydrogen-bond acceptors (Lipinski definition) is 3. The highest BCUT2D eigenvalue weighted by molar-refractivity contribution is 7.89. The summed E-state index contributed by atoms with van der Waals surface area (Å²) in [5.41, 5.74) is 0.440. The number of rotatable bonds is 5. The van der Waals surface area contributed by atoms with Gasteiger partial charge in [0.05, 0.1) is 4.90 Å². The van der Waals surface area contributed by atoms with E-state index in [1.165, 1.54) is 43.9 Å². The first-order chi connectivity index (χ1) is 12.0. The van der Waals surface area contributed by atoms with Crippen LogP contribution in [0.15, 0.2) is 41.8 Å². The molecule has 1 N–H and O–H groups in total. The Kier molecular flexibility index (Phi) is 5.59. The summed E-state index contributed by atoms with van der Waals surface area (Å²) in [6.07, 6.45) is 7.61. The van der Waals surface area contributed by atoms with Crippen LogP contribution in [-0.4, -0.2) is 38.9 Å². The number of carbonyl (C=O) groups excluding carboxylic acids is 1. The van der Waals surface area contributed by atoms with Crippen molar-refractivity contribution < 1.29 is 13.2 Å². The van der Waals surface area contributed by atoms with E-state index in [0.717, 1.165) is 25.4 Å². The van der Waals surface area contributed by atoms with Crippen LogP contribution in [0.5, 0.6) is 0 Å². The van der Waals surface area contributed by atoms with Crippen molar-refractivity contribution in [1.29, 1.82) is 0 Å². The second kappa shape index (κ2) is 7.70. The van der Waals surface area contributed by atoms with Gasteiger partial charge in [-0.1, -0.05) is 31.4 Å². The van der Waals surface area contributed by atoms with Crippen molar-refractivity contribution in [1.82, 2.24) is 9.62 Å². The van der Waals surface area contributed by atoms with Crippen molar-refractivity contribution in [3.63, 3.8) is 0 Å². The summed E-state index contributed by atoms with van der Waals surface area (Å²) in [6, 6.07) is 6.31. The third kappa shape index (κ3) is 4.12. The number of likely N-dealkylation sites (tertiary alicyclic amines) is 1. The number of nitrogens with zero attached hydrogens (tertiary/aromatic N) is 1. The van der Waals surface area contributed by atoms with Crippen LogP contribution < -0.4 is 4.72 Å². The molecule has 1 heterocycles. The van der Waals surface area contributed by atoms with Crippen LogP contribution in [0.2, 0.25) is 0 Å². The number of piperidine rings is 1. The molecule has 1 aliphatic heterocycles. The van der Waals surface area contributed by atoms with Gasteiger partial charge in [-0.15, -0.1) is 6.58 Å². The molecule has 1 saturated carbocycles.